The topological polar surface area (TPSA) is 37.4 Å². The van der Waals surface area contributed by atoms with Crippen LogP contribution < -0.4 is 0 Å². The molecule has 0 unspecified atom stereocenters. The van der Waals surface area contributed by atoms with Crippen LogP contribution in [-0.4, -0.2) is 29.7 Å². The molecule has 0 aromatic rings. The van der Waals surface area contributed by atoms with Crippen LogP contribution in [0.4, 0.5) is 0 Å². The molecule has 1 aliphatic heterocycles. The summed E-state index contributed by atoms with van der Waals surface area (Å²) in [6.07, 6.45) is 0. The predicted octanol–water partition coefficient (Wildman–Crippen LogP) is 1.08. The average molecular weight is 183 g/mol. The Morgan fingerprint density at radius 1 is 1.23 bits per heavy atom. The maximum Gasteiger partial charge on any atom is 0.219 e. The molecule has 0 bridgehead atoms. The summed E-state index contributed by atoms with van der Waals surface area (Å²) in [5.41, 5.74) is -0.270. The van der Waals surface area contributed by atoms with Crippen LogP contribution in [0.3, 0.4) is 0 Å². The van der Waals surface area contributed by atoms with Crippen molar-refractivity contribution in [1.29, 1.82) is 0 Å². The molecule has 1 amide bonds. The maximum atomic E-state index is 11.7. The van der Waals surface area contributed by atoms with Crippen molar-refractivity contribution in [2.24, 2.45) is 11.3 Å². The molecule has 0 aliphatic carbocycles. The maximum absolute atomic E-state index is 11.7. The average Bonchev–Trinajstić information content (AvgIpc) is 1.80. The van der Waals surface area contributed by atoms with Gasteiger partial charge in [0.2, 0.25) is 5.91 Å². The monoisotopic (exact) mass is 183 g/mol. The first-order valence-electron chi connectivity index (χ1n) is 4.62. The lowest BCUT2D eigenvalue weighted by Crippen LogP contribution is -2.54. The van der Waals surface area contributed by atoms with Crippen molar-refractivity contribution < 1.29 is 9.59 Å². The van der Waals surface area contributed by atoms with E-state index in [0.717, 1.165) is 0 Å². The van der Waals surface area contributed by atoms with Crippen molar-refractivity contribution in [3.05, 3.63) is 0 Å². The van der Waals surface area contributed by atoms with E-state index in [4.69, 9.17) is 0 Å². The van der Waals surface area contributed by atoms with Gasteiger partial charge in [-0.2, -0.15) is 0 Å². The van der Waals surface area contributed by atoms with Crippen LogP contribution >= 0.6 is 0 Å². The number of likely N-dealkylation sites (tertiary alicyclic amines) is 1. The zero-order valence-corrected chi connectivity index (χ0v) is 8.76. The minimum atomic E-state index is -0.270. The zero-order chi connectivity index (χ0) is 10.2. The van der Waals surface area contributed by atoms with E-state index in [-0.39, 0.29) is 23.0 Å². The molecular formula is C10H17NO2. The lowest BCUT2D eigenvalue weighted by Gasteiger charge is -2.40. The molecule has 1 rings (SSSR count). The Morgan fingerprint density at radius 2 is 1.69 bits per heavy atom. The summed E-state index contributed by atoms with van der Waals surface area (Å²) in [6, 6.07) is 0. The summed E-state index contributed by atoms with van der Waals surface area (Å²) >= 11 is 0. The van der Waals surface area contributed by atoms with Crippen molar-refractivity contribution in [2.75, 3.05) is 13.1 Å². The van der Waals surface area contributed by atoms with Crippen LogP contribution in [0.5, 0.6) is 0 Å². The summed E-state index contributed by atoms with van der Waals surface area (Å²) in [4.78, 5) is 24.2. The van der Waals surface area contributed by atoms with Gasteiger partial charge in [0.05, 0.1) is 5.92 Å². The van der Waals surface area contributed by atoms with Crippen molar-refractivity contribution in [3.63, 3.8) is 0 Å². The van der Waals surface area contributed by atoms with E-state index < -0.39 is 0 Å². The van der Waals surface area contributed by atoms with Crippen LogP contribution in [0.25, 0.3) is 0 Å². The lowest BCUT2D eigenvalue weighted by atomic mass is 9.79. The first-order chi connectivity index (χ1) is 5.82. The van der Waals surface area contributed by atoms with Crippen molar-refractivity contribution in [2.45, 2.75) is 27.7 Å². The molecule has 1 aliphatic rings. The fourth-order valence-electron chi connectivity index (χ4n) is 1.51. The number of rotatable bonds is 1. The van der Waals surface area contributed by atoms with E-state index in [1.807, 2.05) is 20.8 Å². The second-order valence-corrected chi connectivity index (χ2v) is 4.74. The molecule has 0 N–H and O–H groups in total. The minimum Gasteiger partial charge on any atom is -0.341 e. The van der Waals surface area contributed by atoms with Gasteiger partial charge < -0.3 is 4.90 Å². The molecule has 1 saturated heterocycles. The Morgan fingerprint density at radius 3 is 2.00 bits per heavy atom. The highest BCUT2D eigenvalue weighted by atomic mass is 16.2. The van der Waals surface area contributed by atoms with Crippen molar-refractivity contribution >= 4 is 11.7 Å². The van der Waals surface area contributed by atoms with E-state index in [2.05, 4.69) is 0 Å². The van der Waals surface area contributed by atoms with E-state index in [1.165, 1.54) is 6.92 Å². The highest BCUT2D eigenvalue weighted by Gasteiger charge is 2.38. The first-order valence-corrected chi connectivity index (χ1v) is 4.62. The SMILES string of the molecule is CC(=O)N1CC(C(=O)C(C)(C)C)C1. The van der Waals surface area contributed by atoms with E-state index >= 15 is 0 Å². The van der Waals surface area contributed by atoms with E-state index in [9.17, 15) is 9.59 Å². The Kier molecular flexibility index (Phi) is 2.46. The molecule has 13 heavy (non-hydrogen) atoms. The molecule has 0 aromatic carbocycles. The second kappa shape index (κ2) is 3.13. The molecule has 1 heterocycles. The zero-order valence-electron chi connectivity index (χ0n) is 8.76. The standard InChI is InChI=1S/C10H17NO2/c1-7(12)11-5-8(6-11)9(13)10(2,3)4/h8H,5-6H2,1-4H3. The van der Waals surface area contributed by atoms with Gasteiger partial charge in [0.15, 0.2) is 0 Å². The number of nitrogens with zero attached hydrogens (tertiary/aromatic N) is 1. The lowest BCUT2D eigenvalue weighted by molar-refractivity contribution is -0.144. The van der Waals surface area contributed by atoms with Gasteiger partial charge in [-0.15, -0.1) is 0 Å². The summed E-state index contributed by atoms with van der Waals surface area (Å²) in [6.45, 7) is 8.54. The third kappa shape index (κ3) is 2.08. The Balaban J connectivity index is 2.44. The minimum absolute atomic E-state index is 0.0676. The molecule has 0 atom stereocenters. The molecular weight excluding hydrogens is 166 g/mol. The van der Waals surface area contributed by atoms with Crippen LogP contribution in [-0.2, 0) is 9.59 Å². The smallest absolute Gasteiger partial charge is 0.219 e. The number of carbonyl (C=O) groups excluding carboxylic acids is 2. The van der Waals surface area contributed by atoms with Crippen LogP contribution in [0, 0.1) is 11.3 Å². The third-order valence-electron chi connectivity index (χ3n) is 2.44. The number of Topliss-reactive ketones (excluding diaryl/α,β-unsaturated/α-hetero) is 1. The fourth-order valence-corrected chi connectivity index (χ4v) is 1.51. The van der Waals surface area contributed by atoms with Crippen LogP contribution in [0.15, 0.2) is 0 Å². The van der Waals surface area contributed by atoms with Gasteiger partial charge in [0.25, 0.3) is 0 Å². The van der Waals surface area contributed by atoms with Gasteiger partial charge in [-0.25, -0.2) is 0 Å². The third-order valence-corrected chi connectivity index (χ3v) is 2.44. The molecule has 74 valence electrons. The number of ketones is 1. The molecule has 0 aromatic heterocycles. The number of hydrogen-bond donors (Lipinski definition) is 0. The number of amides is 1. The number of hydrogen-bond acceptors (Lipinski definition) is 2. The van der Waals surface area contributed by atoms with Gasteiger partial charge in [0, 0.05) is 25.4 Å². The van der Waals surface area contributed by atoms with E-state index in [0.29, 0.717) is 13.1 Å². The summed E-state index contributed by atoms with van der Waals surface area (Å²) < 4.78 is 0. The van der Waals surface area contributed by atoms with E-state index in [1.54, 1.807) is 4.90 Å². The van der Waals surface area contributed by atoms with Gasteiger partial charge in [-0.1, -0.05) is 20.8 Å². The quantitative estimate of drug-likeness (QED) is 0.610. The summed E-state index contributed by atoms with van der Waals surface area (Å²) in [7, 11) is 0. The predicted molar refractivity (Wildman–Crippen MR) is 50.2 cm³/mol. The number of carbonyl (C=O) groups is 2. The molecule has 3 nitrogen and oxygen atoms in total. The van der Waals surface area contributed by atoms with Crippen LogP contribution in [0.1, 0.15) is 27.7 Å². The second-order valence-electron chi connectivity index (χ2n) is 4.74. The summed E-state index contributed by atoms with van der Waals surface area (Å²) in [5.74, 6) is 0.409. The highest BCUT2D eigenvalue weighted by molar-refractivity contribution is 5.89. The molecule has 0 spiro atoms. The highest BCUT2D eigenvalue weighted by Crippen LogP contribution is 2.26. The fraction of sp³-hybridized carbons (Fsp3) is 0.800. The van der Waals surface area contributed by atoms with Gasteiger partial charge in [-0.3, -0.25) is 9.59 Å². The molecule has 3 heteroatoms. The molecule has 0 radical (unpaired) electrons. The largest absolute Gasteiger partial charge is 0.341 e. The Labute approximate surface area is 79.1 Å². The van der Waals surface area contributed by atoms with Crippen LogP contribution in [0.2, 0.25) is 0 Å². The molecule has 0 saturated carbocycles. The van der Waals surface area contributed by atoms with Crippen molar-refractivity contribution in [1.82, 2.24) is 4.90 Å². The van der Waals surface area contributed by atoms with Gasteiger partial charge in [-0.05, 0) is 0 Å². The summed E-state index contributed by atoms with van der Waals surface area (Å²) in [5, 5.41) is 0. The first kappa shape index (κ1) is 10.2. The van der Waals surface area contributed by atoms with Gasteiger partial charge >= 0.3 is 0 Å². The normalized spacial score (nSPS) is 18.3. The van der Waals surface area contributed by atoms with Gasteiger partial charge in [0.1, 0.15) is 5.78 Å². The Hall–Kier alpha value is -0.860. The Bertz CT molecular complexity index is 234. The molecule has 1 fully saturated rings. The van der Waals surface area contributed by atoms with Crippen molar-refractivity contribution in [3.8, 4) is 0 Å².